The zero-order valence-electron chi connectivity index (χ0n) is 45.4. The minimum atomic E-state index is -0.559. The molecule has 0 radical (unpaired) electrons. The summed E-state index contributed by atoms with van der Waals surface area (Å²) in [7, 11) is 0. The molecule has 5 heteroatoms. The Hall–Kier alpha value is -2.66. The molecule has 0 aromatic heterocycles. The van der Waals surface area contributed by atoms with Crippen LogP contribution in [0, 0.1) is 0 Å². The number of hydrogen-bond donors (Lipinski definition) is 0. The standard InChI is InChI=1S/C63H112O5/c1-4-7-10-13-16-19-22-25-28-31-32-34-35-38-41-44-47-50-53-56-62(64)67-60-61(59-66-58-55-52-49-46-43-40-37-30-27-24-21-18-15-12-9-6-3)68-63(65)57-54-51-48-45-42-39-36-33-29-26-23-20-17-14-11-8-5-2/h9,12,17-18,20-21,26-27,29-30,40,43,61H,4-8,10-11,13-16,19,22-25,28,31-39,41-42,44-60H2,1-3H3/b12-9-,20-17-,21-18-,29-26-,30-27-,43-40-. The maximum Gasteiger partial charge on any atom is 0.306 e. The summed E-state index contributed by atoms with van der Waals surface area (Å²) >= 11 is 0. The van der Waals surface area contributed by atoms with Gasteiger partial charge in [-0.15, -0.1) is 0 Å². The van der Waals surface area contributed by atoms with E-state index >= 15 is 0 Å². The number of hydrogen-bond acceptors (Lipinski definition) is 5. The zero-order chi connectivity index (χ0) is 49.2. The normalized spacial score (nSPS) is 12.7. The quantitative estimate of drug-likeness (QED) is 0.0345. The van der Waals surface area contributed by atoms with Crippen LogP contribution in [0.25, 0.3) is 0 Å². The van der Waals surface area contributed by atoms with Gasteiger partial charge in [-0.05, 0) is 89.9 Å². The van der Waals surface area contributed by atoms with Gasteiger partial charge in [-0.1, -0.05) is 261 Å². The number of ether oxygens (including phenoxy) is 3. The summed E-state index contributed by atoms with van der Waals surface area (Å²) in [4.78, 5) is 25.5. The molecule has 5 nitrogen and oxygen atoms in total. The minimum absolute atomic E-state index is 0.0699. The first kappa shape index (κ1) is 65.3. The second kappa shape index (κ2) is 58.7. The summed E-state index contributed by atoms with van der Waals surface area (Å²) in [6, 6.07) is 0. The molecule has 0 saturated heterocycles. The van der Waals surface area contributed by atoms with Gasteiger partial charge in [-0.2, -0.15) is 0 Å². The van der Waals surface area contributed by atoms with Crippen LogP contribution in [0.15, 0.2) is 72.9 Å². The van der Waals surface area contributed by atoms with E-state index in [1.165, 1.54) is 167 Å². The first-order chi connectivity index (χ1) is 33.6. The smallest absolute Gasteiger partial charge is 0.306 e. The van der Waals surface area contributed by atoms with Crippen molar-refractivity contribution in [1.82, 2.24) is 0 Å². The molecule has 0 bridgehead atoms. The van der Waals surface area contributed by atoms with E-state index in [4.69, 9.17) is 14.2 Å². The van der Waals surface area contributed by atoms with Gasteiger partial charge < -0.3 is 14.2 Å². The Balaban J connectivity index is 4.30. The number of unbranched alkanes of at least 4 members (excludes halogenated alkanes) is 31. The Labute approximate surface area is 423 Å². The molecule has 0 aliphatic heterocycles. The van der Waals surface area contributed by atoms with Gasteiger partial charge in [0.05, 0.1) is 6.61 Å². The fraction of sp³-hybridized carbons (Fsp3) is 0.778. The van der Waals surface area contributed by atoms with Gasteiger partial charge in [0.1, 0.15) is 6.61 Å². The Morgan fingerprint density at radius 3 is 1.09 bits per heavy atom. The molecule has 0 aliphatic rings. The van der Waals surface area contributed by atoms with E-state index in [1.54, 1.807) is 0 Å². The maximum atomic E-state index is 12.9. The van der Waals surface area contributed by atoms with Crippen LogP contribution in [0.1, 0.15) is 290 Å². The first-order valence-corrected chi connectivity index (χ1v) is 29.5. The van der Waals surface area contributed by atoms with Crippen LogP contribution in [0.2, 0.25) is 0 Å². The monoisotopic (exact) mass is 949 g/mol. The summed E-state index contributed by atoms with van der Waals surface area (Å²) in [6.45, 7) is 7.65. The molecule has 0 spiro atoms. The second-order valence-electron chi connectivity index (χ2n) is 19.5. The van der Waals surface area contributed by atoms with E-state index < -0.39 is 6.10 Å². The summed E-state index contributed by atoms with van der Waals surface area (Å²) in [6.07, 6.45) is 76.4. The van der Waals surface area contributed by atoms with E-state index in [0.717, 1.165) is 89.9 Å². The highest BCUT2D eigenvalue weighted by Gasteiger charge is 2.17. The van der Waals surface area contributed by atoms with Crippen molar-refractivity contribution in [2.45, 2.75) is 297 Å². The highest BCUT2D eigenvalue weighted by molar-refractivity contribution is 5.70. The predicted octanol–water partition coefficient (Wildman–Crippen LogP) is 20.2. The van der Waals surface area contributed by atoms with Gasteiger partial charge in [0.25, 0.3) is 0 Å². The third kappa shape index (κ3) is 55.9. The van der Waals surface area contributed by atoms with Crippen LogP contribution in [-0.2, 0) is 23.8 Å². The summed E-state index contributed by atoms with van der Waals surface area (Å²) < 4.78 is 17.5. The lowest BCUT2D eigenvalue weighted by Gasteiger charge is -2.18. The Morgan fingerprint density at radius 1 is 0.338 bits per heavy atom. The van der Waals surface area contributed by atoms with E-state index in [0.29, 0.717) is 19.4 Å². The van der Waals surface area contributed by atoms with Crippen molar-refractivity contribution >= 4 is 11.9 Å². The van der Waals surface area contributed by atoms with Crippen LogP contribution < -0.4 is 0 Å². The number of carbonyl (C=O) groups is 2. The third-order valence-electron chi connectivity index (χ3n) is 12.7. The third-order valence-corrected chi connectivity index (χ3v) is 12.7. The molecule has 68 heavy (non-hydrogen) atoms. The molecule has 0 aromatic rings. The molecular weight excluding hydrogens is 837 g/mol. The van der Waals surface area contributed by atoms with Crippen molar-refractivity contribution < 1.29 is 23.8 Å². The largest absolute Gasteiger partial charge is 0.462 e. The number of carbonyl (C=O) groups excluding carboxylic acids is 2. The van der Waals surface area contributed by atoms with E-state index in [-0.39, 0.29) is 25.2 Å². The van der Waals surface area contributed by atoms with E-state index in [1.807, 2.05) is 0 Å². The molecule has 0 aromatic carbocycles. The molecule has 0 amide bonds. The van der Waals surface area contributed by atoms with Crippen LogP contribution in [0.4, 0.5) is 0 Å². The van der Waals surface area contributed by atoms with Gasteiger partial charge in [0.15, 0.2) is 6.10 Å². The molecule has 0 saturated carbocycles. The molecule has 0 fully saturated rings. The molecule has 0 N–H and O–H groups in total. The van der Waals surface area contributed by atoms with Crippen molar-refractivity contribution in [2.24, 2.45) is 0 Å². The van der Waals surface area contributed by atoms with Crippen molar-refractivity contribution in [3.05, 3.63) is 72.9 Å². The molecule has 394 valence electrons. The molecule has 1 atom stereocenters. The van der Waals surface area contributed by atoms with Gasteiger partial charge in [0, 0.05) is 19.4 Å². The van der Waals surface area contributed by atoms with Crippen molar-refractivity contribution in [3.8, 4) is 0 Å². The highest BCUT2D eigenvalue weighted by Crippen LogP contribution is 2.16. The van der Waals surface area contributed by atoms with Crippen LogP contribution >= 0.6 is 0 Å². The minimum Gasteiger partial charge on any atom is -0.462 e. The van der Waals surface area contributed by atoms with E-state index in [9.17, 15) is 9.59 Å². The van der Waals surface area contributed by atoms with Crippen LogP contribution in [-0.4, -0.2) is 37.9 Å². The first-order valence-electron chi connectivity index (χ1n) is 29.5. The topological polar surface area (TPSA) is 61.8 Å². The van der Waals surface area contributed by atoms with Gasteiger partial charge >= 0.3 is 11.9 Å². The lowest BCUT2D eigenvalue weighted by molar-refractivity contribution is -0.163. The van der Waals surface area contributed by atoms with Crippen LogP contribution in [0.5, 0.6) is 0 Å². The Bertz CT molecular complexity index is 1210. The molecule has 1 unspecified atom stereocenters. The molecule has 0 heterocycles. The number of esters is 2. The van der Waals surface area contributed by atoms with Crippen molar-refractivity contribution in [2.75, 3.05) is 19.8 Å². The molecular formula is C63H112O5. The molecule has 0 rings (SSSR count). The summed E-state index contributed by atoms with van der Waals surface area (Å²) in [5, 5.41) is 0. The number of rotatable bonds is 54. The summed E-state index contributed by atoms with van der Waals surface area (Å²) in [5.74, 6) is -0.413. The van der Waals surface area contributed by atoms with Gasteiger partial charge in [-0.3, -0.25) is 9.59 Å². The predicted molar refractivity (Wildman–Crippen MR) is 297 cm³/mol. The maximum absolute atomic E-state index is 12.9. The summed E-state index contributed by atoms with van der Waals surface area (Å²) in [5.41, 5.74) is 0. The number of allylic oxidation sites excluding steroid dienone is 12. The lowest BCUT2D eigenvalue weighted by atomic mass is 10.0. The van der Waals surface area contributed by atoms with Crippen molar-refractivity contribution in [3.63, 3.8) is 0 Å². The second-order valence-corrected chi connectivity index (χ2v) is 19.5. The van der Waals surface area contributed by atoms with Crippen LogP contribution in [0.3, 0.4) is 0 Å². The lowest BCUT2D eigenvalue weighted by Crippen LogP contribution is -2.30. The Morgan fingerprint density at radius 2 is 0.662 bits per heavy atom. The van der Waals surface area contributed by atoms with Gasteiger partial charge in [-0.25, -0.2) is 0 Å². The average molecular weight is 950 g/mol. The fourth-order valence-electron chi connectivity index (χ4n) is 8.36. The highest BCUT2D eigenvalue weighted by atomic mass is 16.6. The Kier molecular flexibility index (Phi) is 56.4. The zero-order valence-corrected chi connectivity index (χ0v) is 45.4. The van der Waals surface area contributed by atoms with E-state index in [2.05, 4.69) is 93.7 Å². The molecule has 0 aliphatic carbocycles. The SMILES string of the molecule is CC/C=C\C/C=C\C/C=C\C/C=C\CCCCCOCC(COC(=O)CCCCCCCCCCCCCCCCCCCCC)OC(=O)CCCCCCCCC/C=C\C/C=C\CCCCC. The van der Waals surface area contributed by atoms with Crippen molar-refractivity contribution in [1.29, 1.82) is 0 Å². The fourth-order valence-corrected chi connectivity index (χ4v) is 8.36. The van der Waals surface area contributed by atoms with Gasteiger partial charge in [0.2, 0.25) is 0 Å². The average Bonchev–Trinajstić information content (AvgIpc) is 3.34.